The average molecular weight is 470 g/mol. The first-order chi connectivity index (χ1) is 15.1. The lowest BCUT2D eigenvalue weighted by atomic mass is 10.1. The highest BCUT2D eigenvalue weighted by molar-refractivity contribution is 9.10. The number of nitrogens with zero attached hydrogens (tertiary/aromatic N) is 2. The predicted molar refractivity (Wildman–Crippen MR) is 129 cm³/mol. The molecule has 1 N–H and O–H groups in total. The molecule has 0 radical (unpaired) electrons. The first kappa shape index (κ1) is 20.6. The number of nitriles is 1. The quantitative estimate of drug-likeness (QED) is 0.275. The van der Waals surface area contributed by atoms with Crippen molar-refractivity contribution >= 4 is 44.5 Å². The maximum atomic E-state index is 12.8. The van der Waals surface area contributed by atoms with E-state index in [9.17, 15) is 10.1 Å². The molecule has 4 aromatic rings. The van der Waals surface area contributed by atoms with Gasteiger partial charge in [0.15, 0.2) is 0 Å². The van der Waals surface area contributed by atoms with E-state index < -0.39 is 5.91 Å². The Morgan fingerprint density at radius 1 is 1.06 bits per heavy atom. The number of carbonyl (C=O) groups excluding carboxylic acids is 1. The Kier molecular flexibility index (Phi) is 6.01. The highest BCUT2D eigenvalue weighted by atomic mass is 79.9. The van der Waals surface area contributed by atoms with Crippen molar-refractivity contribution < 1.29 is 4.79 Å². The van der Waals surface area contributed by atoms with Gasteiger partial charge in [0, 0.05) is 38.9 Å². The molecule has 0 aliphatic rings. The monoisotopic (exact) mass is 469 g/mol. The second kappa shape index (κ2) is 9.03. The number of benzene rings is 3. The van der Waals surface area contributed by atoms with E-state index in [0.29, 0.717) is 12.2 Å². The van der Waals surface area contributed by atoms with E-state index in [0.717, 1.165) is 26.6 Å². The van der Waals surface area contributed by atoms with E-state index in [4.69, 9.17) is 0 Å². The Hall–Kier alpha value is -3.62. The molecule has 0 saturated heterocycles. The van der Waals surface area contributed by atoms with Crippen LogP contribution in [0, 0.1) is 18.3 Å². The van der Waals surface area contributed by atoms with Gasteiger partial charge < -0.3 is 9.88 Å². The smallest absolute Gasteiger partial charge is 0.266 e. The molecule has 1 heterocycles. The van der Waals surface area contributed by atoms with Crippen molar-refractivity contribution in [3.63, 3.8) is 0 Å². The van der Waals surface area contributed by atoms with Gasteiger partial charge in [-0.25, -0.2) is 0 Å². The van der Waals surface area contributed by atoms with Crippen LogP contribution in [0.3, 0.4) is 0 Å². The van der Waals surface area contributed by atoms with Gasteiger partial charge in [0.05, 0.1) is 0 Å². The molecule has 4 rings (SSSR count). The van der Waals surface area contributed by atoms with Gasteiger partial charge in [-0.15, -0.1) is 0 Å². The number of hydrogen-bond acceptors (Lipinski definition) is 2. The summed E-state index contributed by atoms with van der Waals surface area (Å²) < 4.78 is 3.07. The number of amides is 1. The predicted octanol–water partition coefficient (Wildman–Crippen LogP) is 6.31. The average Bonchev–Trinajstić information content (AvgIpc) is 3.03. The van der Waals surface area contributed by atoms with Crippen LogP contribution >= 0.6 is 15.9 Å². The molecule has 4 nitrogen and oxygen atoms in total. The number of halogens is 1. The molecule has 1 aromatic heterocycles. The van der Waals surface area contributed by atoms with Crippen LogP contribution in [-0.4, -0.2) is 10.5 Å². The summed E-state index contributed by atoms with van der Waals surface area (Å²) in [4.78, 5) is 12.8. The summed E-state index contributed by atoms with van der Waals surface area (Å²) in [5, 5.41) is 13.5. The first-order valence-electron chi connectivity index (χ1n) is 9.87. The minimum Gasteiger partial charge on any atom is -0.340 e. The van der Waals surface area contributed by atoms with E-state index in [1.807, 2.05) is 55.5 Å². The molecule has 152 valence electrons. The topological polar surface area (TPSA) is 57.8 Å². The van der Waals surface area contributed by atoms with Gasteiger partial charge in [0.25, 0.3) is 5.91 Å². The molecule has 0 aliphatic heterocycles. The molecule has 0 atom stereocenters. The second-order valence-corrected chi connectivity index (χ2v) is 8.14. The van der Waals surface area contributed by atoms with Crippen LogP contribution in [-0.2, 0) is 11.3 Å². The third-order valence-corrected chi connectivity index (χ3v) is 5.69. The van der Waals surface area contributed by atoms with Gasteiger partial charge in [-0.3, -0.25) is 4.79 Å². The van der Waals surface area contributed by atoms with Crippen molar-refractivity contribution in [3.8, 4) is 6.07 Å². The molecular weight excluding hydrogens is 450 g/mol. The normalized spacial score (nSPS) is 11.3. The van der Waals surface area contributed by atoms with Crippen molar-refractivity contribution in [3.05, 3.63) is 106 Å². The molecule has 0 spiro atoms. The lowest BCUT2D eigenvalue weighted by Crippen LogP contribution is -2.13. The molecule has 31 heavy (non-hydrogen) atoms. The summed E-state index contributed by atoms with van der Waals surface area (Å²) in [6.07, 6.45) is 1.69. The van der Waals surface area contributed by atoms with Crippen LogP contribution in [0.4, 0.5) is 5.69 Å². The number of fused-ring (bicyclic) bond motifs is 1. The number of hydrogen-bond donors (Lipinski definition) is 1. The first-order valence-corrected chi connectivity index (χ1v) is 10.7. The van der Waals surface area contributed by atoms with Crippen molar-refractivity contribution in [2.24, 2.45) is 0 Å². The minimum absolute atomic E-state index is 0.0608. The highest BCUT2D eigenvalue weighted by Gasteiger charge is 2.16. The lowest BCUT2D eigenvalue weighted by molar-refractivity contribution is -0.112. The Balaban J connectivity index is 1.74. The van der Waals surface area contributed by atoms with Crippen molar-refractivity contribution in [1.82, 2.24) is 4.57 Å². The van der Waals surface area contributed by atoms with Crippen LogP contribution in [0.5, 0.6) is 0 Å². The van der Waals surface area contributed by atoms with Gasteiger partial charge in [0.1, 0.15) is 11.6 Å². The van der Waals surface area contributed by atoms with Crippen LogP contribution in [0.1, 0.15) is 16.8 Å². The molecule has 3 aromatic carbocycles. The molecule has 1 amide bonds. The molecule has 0 unspecified atom stereocenters. The third kappa shape index (κ3) is 4.45. The largest absolute Gasteiger partial charge is 0.340 e. The minimum atomic E-state index is -0.431. The summed E-state index contributed by atoms with van der Waals surface area (Å²) in [5.74, 6) is -0.431. The van der Waals surface area contributed by atoms with Crippen LogP contribution in [0.15, 0.2) is 88.9 Å². The van der Waals surface area contributed by atoms with Crippen LogP contribution in [0.25, 0.3) is 17.0 Å². The van der Waals surface area contributed by atoms with Crippen molar-refractivity contribution in [1.29, 1.82) is 5.26 Å². The number of aromatic nitrogens is 1. The maximum absolute atomic E-state index is 12.8. The zero-order chi connectivity index (χ0) is 21.8. The van der Waals surface area contributed by atoms with E-state index in [1.54, 1.807) is 18.2 Å². The number of nitrogens with one attached hydrogen (secondary N) is 1. The fourth-order valence-corrected chi connectivity index (χ4v) is 4.07. The van der Waals surface area contributed by atoms with E-state index in [2.05, 4.69) is 50.1 Å². The summed E-state index contributed by atoms with van der Waals surface area (Å²) in [7, 11) is 0. The van der Waals surface area contributed by atoms with Crippen molar-refractivity contribution in [2.45, 2.75) is 13.5 Å². The van der Waals surface area contributed by atoms with Crippen LogP contribution in [0.2, 0.25) is 0 Å². The SMILES string of the molecule is Cc1c(/C=C(/C#N)C(=O)Nc2cccc(Br)c2)c2ccccc2n1Cc1ccccc1. The second-order valence-electron chi connectivity index (χ2n) is 7.22. The van der Waals surface area contributed by atoms with Gasteiger partial charge in [-0.05, 0) is 42.8 Å². The molecule has 0 bridgehead atoms. The molecule has 5 heteroatoms. The van der Waals surface area contributed by atoms with Gasteiger partial charge in [-0.1, -0.05) is 70.5 Å². The number of rotatable bonds is 5. The Bertz CT molecular complexity index is 1330. The van der Waals surface area contributed by atoms with E-state index in [1.165, 1.54) is 5.56 Å². The van der Waals surface area contributed by atoms with Crippen molar-refractivity contribution in [2.75, 3.05) is 5.32 Å². The Morgan fingerprint density at radius 2 is 1.81 bits per heavy atom. The standard InChI is InChI=1S/C26H20BrN3O/c1-18-24(14-20(16-28)26(31)29-22-11-7-10-21(27)15-22)23-12-5-6-13-25(23)30(18)17-19-8-3-2-4-9-19/h2-15H,17H2,1H3,(H,29,31)/b20-14-. The molecule has 0 aliphatic carbocycles. The van der Waals surface area contributed by atoms with E-state index >= 15 is 0 Å². The molecule has 0 fully saturated rings. The molecule has 0 saturated carbocycles. The number of carbonyl (C=O) groups is 1. The van der Waals surface area contributed by atoms with Gasteiger partial charge in [-0.2, -0.15) is 5.26 Å². The zero-order valence-electron chi connectivity index (χ0n) is 17.0. The van der Waals surface area contributed by atoms with E-state index in [-0.39, 0.29) is 5.57 Å². The summed E-state index contributed by atoms with van der Waals surface area (Å²) in [6, 6.07) is 27.7. The number of anilines is 1. The van der Waals surface area contributed by atoms with Crippen LogP contribution < -0.4 is 5.32 Å². The summed E-state index contributed by atoms with van der Waals surface area (Å²) >= 11 is 3.39. The Morgan fingerprint density at radius 3 is 2.55 bits per heavy atom. The lowest BCUT2D eigenvalue weighted by Gasteiger charge is -2.09. The number of para-hydroxylation sites is 1. The fraction of sp³-hybridized carbons (Fsp3) is 0.0769. The highest BCUT2D eigenvalue weighted by Crippen LogP contribution is 2.29. The maximum Gasteiger partial charge on any atom is 0.266 e. The van der Waals surface area contributed by atoms with Gasteiger partial charge in [0.2, 0.25) is 0 Å². The molecular formula is C26H20BrN3O. The Labute approximate surface area is 189 Å². The van der Waals surface area contributed by atoms with Gasteiger partial charge >= 0.3 is 0 Å². The fourth-order valence-electron chi connectivity index (χ4n) is 3.67. The summed E-state index contributed by atoms with van der Waals surface area (Å²) in [6.45, 7) is 2.74. The third-order valence-electron chi connectivity index (χ3n) is 5.20. The zero-order valence-corrected chi connectivity index (χ0v) is 18.6. The summed E-state index contributed by atoms with van der Waals surface area (Å²) in [5.41, 5.74) is 4.84.